The summed E-state index contributed by atoms with van der Waals surface area (Å²) in [4.78, 5) is 15.3. The predicted molar refractivity (Wildman–Crippen MR) is 99.3 cm³/mol. The largest absolute Gasteiger partial charge is 0.495 e. The molecule has 2 N–H and O–H groups in total. The highest BCUT2D eigenvalue weighted by atomic mass is 35.5. The van der Waals surface area contributed by atoms with Crippen molar-refractivity contribution in [1.82, 2.24) is 4.98 Å². The third kappa shape index (κ3) is 3.30. The molecule has 3 aromatic rings. The molecule has 1 aromatic heterocycles. The quantitative estimate of drug-likeness (QED) is 0.735. The molecule has 25 heavy (non-hydrogen) atoms. The van der Waals surface area contributed by atoms with Crippen LogP contribution in [0.3, 0.4) is 0 Å². The average molecular weight is 354 g/mol. The van der Waals surface area contributed by atoms with E-state index in [1.165, 1.54) is 7.11 Å². The van der Waals surface area contributed by atoms with E-state index in [0.717, 1.165) is 11.1 Å². The zero-order valence-electron chi connectivity index (χ0n) is 13.8. The van der Waals surface area contributed by atoms with E-state index in [0.29, 0.717) is 27.4 Å². The highest BCUT2D eigenvalue weighted by molar-refractivity contribution is 6.35. The Morgan fingerprint density at radius 2 is 2.08 bits per heavy atom. The Bertz CT molecular complexity index is 1040. The number of aromatic nitrogens is 1. The highest BCUT2D eigenvalue weighted by Crippen LogP contribution is 2.26. The lowest BCUT2D eigenvalue weighted by Gasteiger charge is -2.16. The molecule has 0 aliphatic carbocycles. The monoisotopic (exact) mass is 353 g/mol. The average Bonchev–Trinajstić information content (AvgIpc) is 2.61. The first-order valence-corrected chi connectivity index (χ1v) is 8.07. The summed E-state index contributed by atoms with van der Waals surface area (Å²) in [6.45, 7) is 1.89. The molecular formula is C19H16ClN3O2. The van der Waals surface area contributed by atoms with Crippen LogP contribution in [0.1, 0.15) is 24.1 Å². The van der Waals surface area contributed by atoms with E-state index < -0.39 is 0 Å². The minimum atomic E-state index is -0.246. The summed E-state index contributed by atoms with van der Waals surface area (Å²) in [5.41, 5.74) is 2.25. The van der Waals surface area contributed by atoms with Crippen LogP contribution in [0.5, 0.6) is 5.75 Å². The molecule has 0 saturated heterocycles. The molecule has 3 rings (SSSR count). The van der Waals surface area contributed by atoms with Gasteiger partial charge in [-0.25, -0.2) is 0 Å². The topological polar surface area (TPSA) is 77.9 Å². The van der Waals surface area contributed by atoms with Crippen LogP contribution >= 0.6 is 11.6 Å². The van der Waals surface area contributed by atoms with Crippen LogP contribution in [0.25, 0.3) is 10.9 Å². The van der Waals surface area contributed by atoms with E-state index in [-0.39, 0.29) is 11.6 Å². The molecule has 0 fully saturated rings. The van der Waals surface area contributed by atoms with Crippen molar-refractivity contribution in [3.05, 3.63) is 69.0 Å². The maximum absolute atomic E-state index is 12.4. The molecule has 1 atom stereocenters. The van der Waals surface area contributed by atoms with Crippen molar-refractivity contribution in [3.8, 4) is 11.8 Å². The normalized spacial score (nSPS) is 11.8. The molecule has 0 saturated carbocycles. The van der Waals surface area contributed by atoms with E-state index in [9.17, 15) is 4.79 Å². The number of fused-ring (bicyclic) bond motifs is 1. The van der Waals surface area contributed by atoms with Crippen LogP contribution in [0.2, 0.25) is 5.02 Å². The van der Waals surface area contributed by atoms with Gasteiger partial charge in [-0.15, -0.1) is 0 Å². The second kappa shape index (κ2) is 6.88. The Kier molecular flexibility index (Phi) is 4.64. The Morgan fingerprint density at radius 3 is 2.80 bits per heavy atom. The number of halogens is 1. The zero-order valence-corrected chi connectivity index (χ0v) is 14.5. The second-order valence-electron chi connectivity index (χ2n) is 5.65. The molecule has 0 bridgehead atoms. The van der Waals surface area contributed by atoms with E-state index in [2.05, 4.69) is 16.4 Å². The summed E-state index contributed by atoms with van der Waals surface area (Å²) < 4.78 is 5.21. The van der Waals surface area contributed by atoms with Crippen LogP contribution in [0.4, 0.5) is 5.69 Å². The number of hydrogen-bond acceptors (Lipinski definition) is 4. The number of para-hydroxylation sites is 1. The van der Waals surface area contributed by atoms with Gasteiger partial charge in [0.05, 0.1) is 29.3 Å². The molecule has 0 aliphatic rings. The van der Waals surface area contributed by atoms with Gasteiger partial charge in [0.15, 0.2) is 0 Å². The highest BCUT2D eigenvalue weighted by Gasteiger charge is 2.13. The SMILES string of the molecule is COc1cc(N[C@@H](C)c2cc3cccc(Cl)c3[nH]c2=O)ccc1C#N. The summed E-state index contributed by atoms with van der Waals surface area (Å²) in [5.74, 6) is 0.485. The first kappa shape index (κ1) is 16.9. The van der Waals surface area contributed by atoms with Gasteiger partial charge in [0.1, 0.15) is 11.8 Å². The van der Waals surface area contributed by atoms with E-state index in [4.69, 9.17) is 21.6 Å². The van der Waals surface area contributed by atoms with Gasteiger partial charge in [-0.1, -0.05) is 23.7 Å². The number of nitrogens with one attached hydrogen (secondary N) is 2. The number of anilines is 1. The number of benzene rings is 2. The number of H-pyrrole nitrogens is 1. The summed E-state index contributed by atoms with van der Waals surface area (Å²) >= 11 is 6.13. The molecule has 0 spiro atoms. The Balaban J connectivity index is 1.95. The molecule has 0 amide bonds. The molecule has 1 heterocycles. The molecule has 2 aromatic carbocycles. The maximum Gasteiger partial charge on any atom is 0.253 e. The van der Waals surface area contributed by atoms with Crippen molar-refractivity contribution >= 4 is 28.2 Å². The summed E-state index contributed by atoms with van der Waals surface area (Å²) in [6.07, 6.45) is 0. The fourth-order valence-electron chi connectivity index (χ4n) is 2.73. The van der Waals surface area contributed by atoms with Gasteiger partial charge in [0.25, 0.3) is 5.56 Å². The third-order valence-electron chi connectivity index (χ3n) is 4.03. The predicted octanol–water partition coefficient (Wildman–Crippen LogP) is 4.23. The lowest BCUT2D eigenvalue weighted by atomic mass is 10.1. The lowest BCUT2D eigenvalue weighted by molar-refractivity contribution is 0.413. The first-order chi connectivity index (χ1) is 12.0. The molecule has 0 aliphatic heterocycles. The van der Waals surface area contributed by atoms with E-state index >= 15 is 0 Å². The molecule has 126 valence electrons. The van der Waals surface area contributed by atoms with Crippen molar-refractivity contribution in [3.63, 3.8) is 0 Å². The number of nitriles is 1. The number of nitrogens with zero attached hydrogens (tertiary/aromatic N) is 1. The van der Waals surface area contributed by atoms with Crippen molar-refractivity contribution in [2.45, 2.75) is 13.0 Å². The maximum atomic E-state index is 12.4. The van der Waals surface area contributed by atoms with Crippen molar-refractivity contribution in [1.29, 1.82) is 5.26 Å². The van der Waals surface area contributed by atoms with E-state index in [1.54, 1.807) is 24.3 Å². The third-order valence-corrected chi connectivity index (χ3v) is 4.34. The number of rotatable bonds is 4. The van der Waals surface area contributed by atoms with Crippen LogP contribution in [0, 0.1) is 11.3 Å². The number of pyridine rings is 1. The molecule has 0 radical (unpaired) electrons. The molecular weight excluding hydrogens is 338 g/mol. The van der Waals surface area contributed by atoms with E-state index in [1.807, 2.05) is 25.1 Å². The van der Waals surface area contributed by atoms with Gasteiger partial charge >= 0.3 is 0 Å². The van der Waals surface area contributed by atoms with Crippen molar-refractivity contribution < 1.29 is 4.74 Å². The fourth-order valence-corrected chi connectivity index (χ4v) is 2.96. The van der Waals surface area contributed by atoms with Gasteiger partial charge in [-0.05, 0) is 31.2 Å². The number of methoxy groups -OCH3 is 1. The minimum Gasteiger partial charge on any atom is -0.495 e. The van der Waals surface area contributed by atoms with Crippen LogP contribution in [-0.4, -0.2) is 12.1 Å². The second-order valence-corrected chi connectivity index (χ2v) is 6.06. The lowest BCUT2D eigenvalue weighted by Crippen LogP contribution is -2.19. The van der Waals surface area contributed by atoms with Crippen molar-refractivity contribution in [2.75, 3.05) is 12.4 Å². The first-order valence-electron chi connectivity index (χ1n) is 7.69. The molecule has 0 unspecified atom stereocenters. The number of hydrogen-bond donors (Lipinski definition) is 2. The fraction of sp³-hybridized carbons (Fsp3) is 0.158. The van der Waals surface area contributed by atoms with Crippen LogP contribution in [0.15, 0.2) is 47.3 Å². The van der Waals surface area contributed by atoms with Gasteiger partial charge in [0, 0.05) is 22.7 Å². The van der Waals surface area contributed by atoms with Gasteiger partial charge in [0.2, 0.25) is 0 Å². The zero-order chi connectivity index (χ0) is 18.0. The molecule has 5 nitrogen and oxygen atoms in total. The Labute approximate surface area is 149 Å². The van der Waals surface area contributed by atoms with Crippen LogP contribution in [-0.2, 0) is 0 Å². The standard InChI is InChI=1S/C19H16ClN3O2/c1-11(22-14-7-6-13(10-21)17(9-14)25-2)15-8-12-4-3-5-16(20)18(12)23-19(15)24/h3-9,11,22H,1-2H3,(H,23,24)/t11-/m0/s1. The summed E-state index contributed by atoms with van der Waals surface area (Å²) in [7, 11) is 1.52. The van der Waals surface area contributed by atoms with Gasteiger partial charge < -0.3 is 15.0 Å². The van der Waals surface area contributed by atoms with Gasteiger partial charge in [-0.3, -0.25) is 4.79 Å². The van der Waals surface area contributed by atoms with Gasteiger partial charge in [-0.2, -0.15) is 5.26 Å². The minimum absolute atomic E-state index is 0.193. The summed E-state index contributed by atoms with van der Waals surface area (Å²) in [6, 6.07) is 14.3. The number of aromatic amines is 1. The Hall–Kier alpha value is -2.97. The summed E-state index contributed by atoms with van der Waals surface area (Å²) in [5, 5.41) is 13.7. The number of ether oxygens (including phenoxy) is 1. The Morgan fingerprint density at radius 1 is 1.28 bits per heavy atom. The van der Waals surface area contributed by atoms with Crippen molar-refractivity contribution in [2.24, 2.45) is 0 Å². The molecule has 6 heteroatoms. The smallest absolute Gasteiger partial charge is 0.253 e. The van der Waals surface area contributed by atoms with Crippen LogP contribution < -0.4 is 15.6 Å².